The zero-order valence-electron chi connectivity index (χ0n) is 31.8. The van der Waals surface area contributed by atoms with Crippen molar-refractivity contribution in [2.45, 2.75) is 76.1 Å². The lowest BCUT2D eigenvalue weighted by Gasteiger charge is -2.47. The summed E-state index contributed by atoms with van der Waals surface area (Å²) < 4.78 is 109. The van der Waals surface area contributed by atoms with Crippen LogP contribution in [0.2, 0.25) is 0 Å². The van der Waals surface area contributed by atoms with Crippen LogP contribution in [0.5, 0.6) is 5.75 Å². The molecule has 0 radical (unpaired) electrons. The summed E-state index contributed by atoms with van der Waals surface area (Å²) in [5.74, 6) is -6.13. The summed E-state index contributed by atoms with van der Waals surface area (Å²) in [7, 11) is 0. The van der Waals surface area contributed by atoms with Gasteiger partial charge in [0.15, 0.2) is 5.75 Å². The quantitative estimate of drug-likeness (QED) is 0.0649. The molecule has 2 N–H and O–H groups in total. The Morgan fingerprint density at radius 1 is 1.02 bits per heavy atom. The fourth-order valence-electron chi connectivity index (χ4n) is 7.02. The number of nitrogens with zero attached hydrogens (tertiary/aromatic N) is 3. The van der Waals surface area contributed by atoms with Gasteiger partial charge in [0, 0.05) is 55.1 Å². The van der Waals surface area contributed by atoms with Gasteiger partial charge in [-0.25, -0.2) is 19.0 Å². The van der Waals surface area contributed by atoms with Crippen molar-refractivity contribution in [1.29, 1.82) is 0 Å². The lowest BCUT2D eigenvalue weighted by molar-refractivity contribution is -0.205. The predicted octanol–water partition coefficient (Wildman–Crippen LogP) is 6.65. The van der Waals surface area contributed by atoms with Gasteiger partial charge in [0.25, 0.3) is 5.91 Å². The molecule has 2 aromatic heterocycles. The Labute approximate surface area is 340 Å². The molecular weight excluding hydrogens is 836 g/mol. The first-order valence-corrected chi connectivity index (χ1v) is 20.3. The van der Waals surface area contributed by atoms with Crippen LogP contribution in [0.3, 0.4) is 0 Å². The molecular formula is C38H40F7N5O7S2. The van der Waals surface area contributed by atoms with Crippen LogP contribution < -0.4 is 14.9 Å². The van der Waals surface area contributed by atoms with E-state index < -0.39 is 64.5 Å². The molecule has 2 aliphatic rings. The molecule has 2 saturated heterocycles. The zero-order valence-corrected chi connectivity index (χ0v) is 33.4. The summed E-state index contributed by atoms with van der Waals surface area (Å²) in [4.78, 5) is 58.6. The van der Waals surface area contributed by atoms with Crippen LogP contribution >= 0.6 is 22.7 Å². The Bertz CT molecular complexity index is 2210. The molecule has 4 aromatic rings. The van der Waals surface area contributed by atoms with Crippen LogP contribution in [0.4, 0.5) is 30.7 Å². The highest BCUT2D eigenvalue weighted by molar-refractivity contribution is 7.16. The van der Waals surface area contributed by atoms with E-state index in [-0.39, 0.29) is 35.1 Å². The molecule has 12 nitrogen and oxygen atoms in total. The van der Waals surface area contributed by atoms with Gasteiger partial charge in [0.05, 0.1) is 28.5 Å². The number of ether oxygens (including phenoxy) is 3. The zero-order chi connectivity index (χ0) is 42.7. The van der Waals surface area contributed by atoms with Crippen molar-refractivity contribution < 1.29 is 59.3 Å². The summed E-state index contributed by atoms with van der Waals surface area (Å²) >= 11 is 1.88. The number of piperidine rings is 1. The number of fused-ring (bicyclic) bond motifs is 1. The Kier molecular flexibility index (Phi) is 13.5. The number of hydrogen-bond acceptors (Lipinski definition) is 12. The van der Waals surface area contributed by atoms with Crippen molar-refractivity contribution in [1.82, 2.24) is 25.1 Å². The number of aryl methyl sites for hydroxylation is 1. The van der Waals surface area contributed by atoms with E-state index in [9.17, 15) is 45.5 Å². The maximum Gasteiger partial charge on any atom is 0.491 e. The van der Waals surface area contributed by atoms with E-state index in [1.165, 1.54) is 11.3 Å². The van der Waals surface area contributed by atoms with Gasteiger partial charge in [0.2, 0.25) is 0 Å². The minimum atomic E-state index is -5.39. The minimum Gasteiger partial charge on any atom is -0.449 e. The van der Waals surface area contributed by atoms with Crippen molar-refractivity contribution in [2.24, 2.45) is 0 Å². The van der Waals surface area contributed by atoms with Crippen molar-refractivity contribution >= 4 is 50.7 Å². The molecule has 1 spiro atoms. The number of esters is 2. The number of thiazole rings is 2. The molecule has 59 heavy (non-hydrogen) atoms. The number of alkyl halides is 6. The van der Waals surface area contributed by atoms with Gasteiger partial charge >= 0.3 is 29.2 Å². The number of hydrogen-bond donors (Lipinski definition) is 2. The molecule has 320 valence electrons. The van der Waals surface area contributed by atoms with Gasteiger partial charge in [-0.3, -0.25) is 14.5 Å². The summed E-state index contributed by atoms with van der Waals surface area (Å²) in [6, 6.07) is 6.89. The number of rotatable bonds is 13. The summed E-state index contributed by atoms with van der Waals surface area (Å²) in [6.07, 6.45) is -10.6. The molecule has 2 aromatic carbocycles. The summed E-state index contributed by atoms with van der Waals surface area (Å²) in [5, 5.41) is 5.58. The Hall–Kier alpha value is -4.44. The largest absolute Gasteiger partial charge is 0.491 e. The maximum atomic E-state index is 15.8. The highest BCUT2D eigenvalue weighted by atomic mass is 32.1. The number of aromatic amines is 1. The molecule has 21 heteroatoms. The van der Waals surface area contributed by atoms with Gasteiger partial charge < -0.3 is 29.4 Å². The first-order chi connectivity index (χ1) is 27.8. The van der Waals surface area contributed by atoms with Gasteiger partial charge in [-0.2, -0.15) is 26.3 Å². The molecule has 6 rings (SSSR count). The summed E-state index contributed by atoms with van der Waals surface area (Å²) in [6.45, 7) is 6.67. The molecule has 1 amide bonds. The molecule has 2 fully saturated rings. The van der Waals surface area contributed by atoms with E-state index in [1.54, 1.807) is 28.5 Å². The van der Waals surface area contributed by atoms with E-state index in [4.69, 9.17) is 9.47 Å². The number of morpholine rings is 1. The Balaban J connectivity index is 1.04. The topological polar surface area (TPSA) is 143 Å². The lowest BCUT2D eigenvalue weighted by atomic mass is 9.89. The first-order valence-electron chi connectivity index (χ1n) is 18.6. The van der Waals surface area contributed by atoms with Crippen molar-refractivity contribution in [3.05, 3.63) is 78.6 Å². The lowest BCUT2D eigenvalue weighted by Crippen LogP contribution is -2.58. The number of benzene rings is 2. The van der Waals surface area contributed by atoms with E-state index in [1.807, 2.05) is 13.8 Å². The number of amides is 1. The standard InChI is InChI=1S/C38H40F7N5O7S2/c1-21(2)31-47-25(19-58-31)32(51)50-15-16-55-36(20-50)10-13-49(14-11-36)18-23-6-3-5-22(28(23)39)7-4-12-46-17-27(57-34(53)38(43,44)45)24-8-9-26(56-33(52)37(40,41)42)29-30(24)59-35(54)48-29/h3,5-6,8-9,19,21,27,46H,4,7,10-18,20H2,1-2H3,(H,48,54)/t27-/m0/s1. The SMILES string of the molecule is CC(C)c1nc(C(=O)N2CCOC3(CCN(Cc4cccc(CCCNC[C@H](OC(=O)C(F)(F)F)c5ccc(OC(=O)C(F)(F)F)c6[nH]c(=O)sc56)c4F)CC3)C2)cs1. The van der Waals surface area contributed by atoms with E-state index in [0.717, 1.165) is 17.1 Å². The summed E-state index contributed by atoms with van der Waals surface area (Å²) in [5.41, 5.74) is 0.262. The van der Waals surface area contributed by atoms with Crippen LogP contribution in [0, 0.1) is 5.82 Å². The smallest absolute Gasteiger partial charge is 0.449 e. The number of carbonyl (C=O) groups excluding carboxylic acids is 3. The highest BCUT2D eigenvalue weighted by Crippen LogP contribution is 2.36. The van der Waals surface area contributed by atoms with Crippen LogP contribution in [-0.2, 0) is 32.0 Å². The van der Waals surface area contributed by atoms with E-state index in [2.05, 4.69) is 24.9 Å². The Morgan fingerprint density at radius 2 is 1.73 bits per heavy atom. The second-order valence-electron chi connectivity index (χ2n) is 14.6. The van der Waals surface area contributed by atoms with Crippen LogP contribution in [0.1, 0.15) is 77.3 Å². The molecule has 0 aliphatic carbocycles. The van der Waals surface area contributed by atoms with Crippen LogP contribution in [-0.4, -0.2) is 101 Å². The van der Waals surface area contributed by atoms with Gasteiger partial charge in [-0.05, 0) is 49.9 Å². The molecule has 4 heterocycles. The normalized spacial score (nSPS) is 16.8. The highest BCUT2D eigenvalue weighted by Gasteiger charge is 2.44. The average Bonchev–Trinajstić information content (AvgIpc) is 3.83. The molecule has 0 saturated carbocycles. The van der Waals surface area contributed by atoms with Gasteiger partial charge in [-0.15, -0.1) is 11.3 Å². The molecule has 1 atom stereocenters. The molecule has 2 aliphatic heterocycles. The minimum absolute atomic E-state index is 0.111. The van der Waals surface area contributed by atoms with Crippen molar-refractivity contribution in [2.75, 3.05) is 45.9 Å². The fraction of sp³-hybridized carbons (Fsp3) is 0.500. The number of likely N-dealkylation sites (tertiary alicyclic amines) is 1. The second-order valence-corrected chi connectivity index (χ2v) is 16.5. The van der Waals surface area contributed by atoms with Crippen LogP contribution in [0.25, 0.3) is 10.2 Å². The van der Waals surface area contributed by atoms with E-state index >= 15 is 4.39 Å². The first kappa shape index (κ1) is 44.1. The fourth-order valence-corrected chi connectivity index (χ4v) is 8.73. The monoisotopic (exact) mass is 875 g/mol. The third-order valence-corrected chi connectivity index (χ3v) is 12.1. The second kappa shape index (κ2) is 18.0. The third-order valence-electron chi connectivity index (χ3n) is 10.1. The van der Waals surface area contributed by atoms with Gasteiger partial charge in [0.1, 0.15) is 23.1 Å². The molecule has 0 unspecified atom stereocenters. The number of H-pyrrole nitrogens is 1. The number of halogens is 7. The van der Waals surface area contributed by atoms with Gasteiger partial charge in [-0.1, -0.05) is 43.4 Å². The predicted molar refractivity (Wildman–Crippen MR) is 202 cm³/mol. The van der Waals surface area contributed by atoms with E-state index in [0.29, 0.717) is 86.8 Å². The van der Waals surface area contributed by atoms with Crippen molar-refractivity contribution in [3.8, 4) is 5.75 Å². The molecule has 0 bridgehead atoms. The average molecular weight is 876 g/mol. The number of carbonyl (C=O) groups is 3. The third kappa shape index (κ3) is 10.7. The van der Waals surface area contributed by atoms with Crippen LogP contribution in [0.15, 0.2) is 40.5 Å². The Morgan fingerprint density at radius 3 is 2.41 bits per heavy atom. The number of aromatic nitrogens is 2. The maximum absolute atomic E-state index is 15.8. The van der Waals surface area contributed by atoms with Crippen molar-refractivity contribution in [3.63, 3.8) is 0 Å². The number of nitrogens with one attached hydrogen (secondary N) is 2.